The lowest BCUT2D eigenvalue weighted by molar-refractivity contribution is -0.282. The van der Waals surface area contributed by atoms with Gasteiger partial charge in [-0.1, -0.05) is 56.8 Å². The number of nitrogens with one attached hydrogen (secondary N) is 1. The van der Waals surface area contributed by atoms with Gasteiger partial charge in [0.15, 0.2) is 34.9 Å². The molecule has 14 heteroatoms. The van der Waals surface area contributed by atoms with Gasteiger partial charge in [0, 0.05) is 18.1 Å². The van der Waals surface area contributed by atoms with E-state index in [4.69, 9.17) is 0 Å². The second-order valence-corrected chi connectivity index (χ2v) is 11.5. The van der Waals surface area contributed by atoms with Gasteiger partial charge in [-0.25, -0.2) is 49.2 Å². The highest BCUT2D eigenvalue weighted by molar-refractivity contribution is 6.79. The average Bonchev–Trinajstić information content (AvgIpc) is 3.04. The van der Waals surface area contributed by atoms with Crippen LogP contribution < -0.4 is 16.2 Å². The molecule has 246 valence electrons. The summed E-state index contributed by atoms with van der Waals surface area (Å²) in [6.45, 7) is 4.42. The number of halogens is 10. The normalized spacial score (nSPS) is 12.2. The molecule has 0 aliphatic rings. The van der Waals surface area contributed by atoms with Crippen LogP contribution in [0.15, 0.2) is 42.5 Å². The molecule has 0 amide bonds. The van der Waals surface area contributed by atoms with Gasteiger partial charge in [-0.05, 0) is 36.1 Å². The van der Waals surface area contributed by atoms with Crippen molar-refractivity contribution in [3.63, 3.8) is 0 Å². The molecular formula is C33H26BF10N3. The standard InChI is InChI=1S/C33H26BF10N3/c1-14(2)19-7-6-8-20(15(3)4)33(19)46-16(5)47(18-11-9-17(13-45)10-12-18)34(21-23(35)27(39)31(43)28(40)24(21)36)22-25(37)29(41)32(44)30(42)26(22)38/h6-12,14-15,34,46H,1-5H3/b47-16-. The van der Waals surface area contributed by atoms with Crippen molar-refractivity contribution in [1.82, 2.24) is 0 Å². The molecule has 0 aliphatic heterocycles. The molecule has 4 aromatic carbocycles. The SMILES string of the molecule is C/C(Nc1c(C(C)C)cccc1C(C)C)=[N+](/[BH-](c1c(F)c(F)c(F)c(F)c1F)c1c(F)c(F)c(F)c(F)c1F)c1ccc(C#N)cc1. The van der Waals surface area contributed by atoms with Crippen LogP contribution in [0.3, 0.4) is 0 Å². The van der Waals surface area contributed by atoms with Crippen molar-refractivity contribution in [3.05, 3.63) is 117 Å². The summed E-state index contributed by atoms with van der Waals surface area (Å²) >= 11 is 0. The van der Waals surface area contributed by atoms with Crippen LogP contribution in [0, 0.1) is 69.5 Å². The van der Waals surface area contributed by atoms with E-state index in [-0.39, 0.29) is 28.9 Å². The molecule has 0 saturated heterocycles. The maximum atomic E-state index is 15.6. The number of nitriles is 1. The van der Waals surface area contributed by atoms with Crippen LogP contribution in [0.1, 0.15) is 63.1 Å². The van der Waals surface area contributed by atoms with E-state index in [9.17, 15) is 31.6 Å². The average molecular weight is 665 g/mol. The monoisotopic (exact) mass is 665 g/mol. The first-order valence-corrected chi connectivity index (χ1v) is 14.3. The lowest BCUT2D eigenvalue weighted by Gasteiger charge is -2.32. The van der Waals surface area contributed by atoms with Gasteiger partial charge in [0.1, 0.15) is 29.0 Å². The molecule has 4 rings (SSSR count). The summed E-state index contributed by atoms with van der Waals surface area (Å²) in [5.41, 5.74) is -2.07. The summed E-state index contributed by atoms with van der Waals surface area (Å²) in [4.78, 5) is 0. The number of amidine groups is 1. The van der Waals surface area contributed by atoms with E-state index >= 15 is 17.6 Å². The Morgan fingerprint density at radius 1 is 0.617 bits per heavy atom. The molecule has 0 heterocycles. The largest absolute Gasteiger partial charge is 0.423 e. The maximum Gasteiger partial charge on any atom is 0.243 e. The predicted octanol–water partition coefficient (Wildman–Crippen LogP) is 7.91. The van der Waals surface area contributed by atoms with E-state index in [1.54, 1.807) is 18.2 Å². The maximum absolute atomic E-state index is 15.6. The van der Waals surface area contributed by atoms with E-state index in [0.717, 1.165) is 16.6 Å². The molecule has 0 bridgehead atoms. The molecule has 47 heavy (non-hydrogen) atoms. The molecule has 3 nitrogen and oxygen atoms in total. The van der Waals surface area contributed by atoms with Gasteiger partial charge in [0.25, 0.3) is 0 Å². The minimum Gasteiger partial charge on any atom is -0.423 e. The minimum absolute atomic E-state index is 0.0329. The first-order chi connectivity index (χ1) is 22.0. The Morgan fingerprint density at radius 3 is 1.32 bits per heavy atom. The highest BCUT2D eigenvalue weighted by atomic mass is 19.2. The number of anilines is 1. The topological polar surface area (TPSA) is 38.8 Å². The zero-order valence-corrected chi connectivity index (χ0v) is 25.6. The van der Waals surface area contributed by atoms with Crippen LogP contribution in [0.25, 0.3) is 0 Å². The smallest absolute Gasteiger partial charge is 0.243 e. The van der Waals surface area contributed by atoms with E-state index in [1.165, 1.54) is 19.1 Å². The Hall–Kier alpha value is -4.80. The summed E-state index contributed by atoms with van der Waals surface area (Å²) in [5.74, 6) is -25.9. The highest BCUT2D eigenvalue weighted by Crippen LogP contribution is 2.33. The van der Waals surface area contributed by atoms with Crippen LogP contribution in [0.2, 0.25) is 0 Å². The Bertz CT molecular complexity index is 1800. The summed E-state index contributed by atoms with van der Waals surface area (Å²) in [7, 11) is 0. The summed E-state index contributed by atoms with van der Waals surface area (Å²) < 4.78 is 150. The Kier molecular flexibility index (Phi) is 10.1. The van der Waals surface area contributed by atoms with Gasteiger partial charge >= 0.3 is 0 Å². The van der Waals surface area contributed by atoms with Crippen molar-refractivity contribution in [3.8, 4) is 6.07 Å². The highest BCUT2D eigenvalue weighted by Gasteiger charge is 2.38. The van der Waals surface area contributed by atoms with E-state index in [2.05, 4.69) is 5.32 Å². The predicted molar refractivity (Wildman–Crippen MR) is 159 cm³/mol. The molecule has 0 fully saturated rings. The number of hydrogen-bond donors (Lipinski definition) is 1. The summed E-state index contributed by atoms with van der Waals surface area (Å²) in [6.07, 6.45) is 0. The lowest BCUT2D eigenvalue weighted by atomic mass is 9.48. The molecule has 0 spiro atoms. The molecule has 0 radical (unpaired) electrons. The first kappa shape index (κ1) is 35.1. The third kappa shape index (κ3) is 6.18. The Labute approximate surface area is 263 Å². The molecule has 0 saturated carbocycles. The zero-order chi connectivity index (χ0) is 35.1. The zero-order valence-electron chi connectivity index (χ0n) is 25.6. The molecule has 0 aliphatic carbocycles. The van der Waals surface area contributed by atoms with E-state index < -0.39 is 75.9 Å². The van der Waals surface area contributed by atoms with Gasteiger partial charge in [-0.2, -0.15) is 5.26 Å². The number of nitrogens with zero attached hydrogens (tertiary/aromatic N) is 2. The van der Waals surface area contributed by atoms with Crippen LogP contribution in [0.4, 0.5) is 55.3 Å². The third-order valence-corrected chi connectivity index (χ3v) is 7.98. The third-order valence-electron chi connectivity index (χ3n) is 7.98. The Balaban J connectivity index is 2.27. The minimum atomic E-state index is -4.19. The van der Waals surface area contributed by atoms with Crippen molar-refractivity contribution in [2.24, 2.45) is 0 Å². The van der Waals surface area contributed by atoms with Gasteiger partial charge in [0.2, 0.25) is 12.7 Å². The van der Waals surface area contributed by atoms with Gasteiger partial charge < -0.3 is 4.49 Å². The Morgan fingerprint density at radius 2 is 0.979 bits per heavy atom. The molecule has 0 unspecified atom stereocenters. The van der Waals surface area contributed by atoms with Crippen molar-refractivity contribution < 1.29 is 48.4 Å². The molecule has 0 aromatic heterocycles. The summed E-state index contributed by atoms with van der Waals surface area (Å²) in [5, 5.41) is 12.3. The van der Waals surface area contributed by atoms with Gasteiger partial charge in [-0.3, -0.25) is 0 Å². The van der Waals surface area contributed by atoms with Crippen LogP contribution in [-0.2, 0) is 0 Å². The molecule has 4 aromatic rings. The van der Waals surface area contributed by atoms with Crippen molar-refractivity contribution in [2.75, 3.05) is 5.32 Å². The second-order valence-electron chi connectivity index (χ2n) is 11.5. The van der Waals surface area contributed by atoms with Crippen LogP contribution in [-0.4, -0.2) is 17.2 Å². The van der Waals surface area contributed by atoms with Crippen molar-refractivity contribution in [1.29, 1.82) is 5.26 Å². The van der Waals surface area contributed by atoms with Crippen molar-refractivity contribution in [2.45, 2.75) is 46.5 Å². The fourth-order valence-corrected chi connectivity index (χ4v) is 5.65. The second kappa shape index (κ2) is 13.5. The van der Waals surface area contributed by atoms with E-state index in [0.29, 0.717) is 16.8 Å². The molecule has 0 atom stereocenters. The number of rotatable bonds is 7. The molecule has 1 N–H and O–H groups in total. The van der Waals surface area contributed by atoms with Gasteiger partial charge in [0.05, 0.1) is 17.3 Å². The van der Waals surface area contributed by atoms with Crippen LogP contribution >= 0.6 is 0 Å². The molecular weight excluding hydrogens is 639 g/mol. The first-order valence-electron chi connectivity index (χ1n) is 14.3. The number of benzene rings is 4. The quantitative estimate of drug-likeness (QED) is 0.0545. The number of hydrogen-bond acceptors (Lipinski definition) is 1. The van der Waals surface area contributed by atoms with Crippen molar-refractivity contribution >= 4 is 35.0 Å². The van der Waals surface area contributed by atoms with Crippen LogP contribution in [0.5, 0.6) is 0 Å². The lowest BCUT2D eigenvalue weighted by Crippen LogP contribution is -2.58. The fourth-order valence-electron chi connectivity index (χ4n) is 5.65. The number of para-hydroxylation sites is 1. The van der Waals surface area contributed by atoms with E-state index in [1.807, 2.05) is 33.8 Å². The van der Waals surface area contributed by atoms with Gasteiger partial charge in [-0.15, -0.1) is 0 Å². The fraction of sp³-hybridized carbons (Fsp3) is 0.212. The summed E-state index contributed by atoms with van der Waals surface area (Å²) in [6, 6.07) is 11.7.